The van der Waals surface area contributed by atoms with Gasteiger partial charge in [-0.1, -0.05) is 6.07 Å². The molecule has 6 nitrogen and oxygen atoms in total. The zero-order valence-corrected chi connectivity index (χ0v) is 18.2. The van der Waals surface area contributed by atoms with Crippen LogP contribution in [0.5, 0.6) is 0 Å². The van der Waals surface area contributed by atoms with E-state index in [2.05, 4.69) is 5.32 Å². The third-order valence-corrected chi connectivity index (χ3v) is 9.93. The number of aryl methyl sites for hydroxylation is 2. The third-order valence-electron chi connectivity index (χ3n) is 5.44. The Kier molecular flexibility index (Phi) is 6.15. The van der Waals surface area contributed by atoms with Crippen LogP contribution in [0.3, 0.4) is 0 Å². The molecule has 0 bridgehead atoms. The largest absolute Gasteiger partial charge is 0.355 e. The molecule has 152 valence electrons. The quantitative estimate of drug-likeness (QED) is 0.751. The van der Waals surface area contributed by atoms with Gasteiger partial charge in [0.05, 0.1) is 10.7 Å². The Morgan fingerprint density at radius 3 is 2.75 bits per heavy atom. The minimum atomic E-state index is -3.41. The Labute approximate surface area is 174 Å². The average molecular weight is 440 g/mol. The van der Waals surface area contributed by atoms with E-state index in [0.717, 1.165) is 24.3 Å². The predicted molar refractivity (Wildman–Crippen MR) is 111 cm³/mol. The molecule has 1 aliphatic heterocycles. The number of thiazole rings is 1. The van der Waals surface area contributed by atoms with Crippen LogP contribution in [-0.2, 0) is 34.1 Å². The molecule has 1 N–H and O–H groups in total. The molecule has 0 spiro atoms. The number of sulfonamides is 1. The van der Waals surface area contributed by atoms with E-state index in [1.807, 2.05) is 0 Å². The molecule has 2 aromatic rings. The van der Waals surface area contributed by atoms with Gasteiger partial charge in [-0.15, -0.1) is 22.7 Å². The first-order chi connectivity index (χ1) is 13.5. The third kappa shape index (κ3) is 4.32. The number of aromatic nitrogens is 1. The summed E-state index contributed by atoms with van der Waals surface area (Å²) in [6.45, 7) is 1.40. The van der Waals surface area contributed by atoms with Gasteiger partial charge < -0.3 is 5.32 Å². The Balaban J connectivity index is 1.24. The smallest absolute Gasteiger partial charge is 0.252 e. The van der Waals surface area contributed by atoms with E-state index in [1.54, 1.807) is 28.8 Å². The first-order valence-electron chi connectivity index (χ1n) is 9.83. The lowest BCUT2D eigenvalue weighted by Gasteiger charge is -2.30. The summed E-state index contributed by atoms with van der Waals surface area (Å²) in [6, 6.07) is 3.38. The molecular weight excluding hydrogens is 414 g/mol. The van der Waals surface area contributed by atoms with Crippen LogP contribution in [-0.4, -0.2) is 43.2 Å². The highest BCUT2D eigenvalue weighted by Crippen LogP contribution is 2.28. The van der Waals surface area contributed by atoms with Crippen LogP contribution in [0.1, 0.15) is 41.3 Å². The van der Waals surface area contributed by atoms with Crippen LogP contribution < -0.4 is 5.32 Å². The summed E-state index contributed by atoms with van der Waals surface area (Å²) in [7, 11) is -3.41. The molecule has 2 aliphatic rings. The van der Waals surface area contributed by atoms with Gasteiger partial charge >= 0.3 is 0 Å². The molecule has 3 heterocycles. The summed E-state index contributed by atoms with van der Waals surface area (Å²) < 4.78 is 27.0. The number of nitrogens with zero attached hydrogens (tertiary/aromatic N) is 2. The monoisotopic (exact) mass is 439 g/mol. The van der Waals surface area contributed by atoms with Crippen molar-refractivity contribution < 1.29 is 13.2 Å². The lowest BCUT2D eigenvalue weighted by Crippen LogP contribution is -2.43. The average Bonchev–Trinajstić information content (AvgIpc) is 3.38. The van der Waals surface area contributed by atoms with Crippen molar-refractivity contribution in [2.75, 3.05) is 19.6 Å². The van der Waals surface area contributed by atoms with Gasteiger partial charge in [0, 0.05) is 36.9 Å². The highest BCUT2D eigenvalue weighted by molar-refractivity contribution is 7.91. The van der Waals surface area contributed by atoms with Crippen molar-refractivity contribution in [3.05, 3.63) is 33.1 Å². The Morgan fingerprint density at radius 1 is 1.25 bits per heavy atom. The zero-order chi connectivity index (χ0) is 19.6. The molecule has 1 fully saturated rings. The van der Waals surface area contributed by atoms with Crippen molar-refractivity contribution in [2.24, 2.45) is 5.92 Å². The number of carbonyl (C=O) groups is 1. The summed E-state index contributed by atoms with van der Waals surface area (Å²) >= 11 is 3.02. The number of nitrogens with one attached hydrogen (secondary N) is 1. The van der Waals surface area contributed by atoms with Crippen molar-refractivity contribution in [3.8, 4) is 0 Å². The fourth-order valence-corrected chi connectivity index (χ4v) is 7.62. The van der Waals surface area contributed by atoms with Crippen molar-refractivity contribution in [3.63, 3.8) is 0 Å². The second-order valence-electron chi connectivity index (χ2n) is 7.34. The summed E-state index contributed by atoms with van der Waals surface area (Å²) in [6.07, 6.45) is 6.64. The van der Waals surface area contributed by atoms with Crippen molar-refractivity contribution >= 4 is 38.6 Å². The first kappa shape index (κ1) is 20.0. The van der Waals surface area contributed by atoms with Crippen molar-refractivity contribution in [1.29, 1.82) is 0 Å². The lowest BCUT2D eigenvalue weighted by atomic mass is 9.97. The number of carbonyl (C=O) groups excluding carboxylic acids is 1. The molecule has 9 heteroatoms. The minimum Gasteiger partial charge on any atom is -0.355 e. The van der Waals surface area contributed by atoms with E-state index in [-0.39, 0.29) is 11.8 Å². The molecule has 0 saturated carbocycles. The minimum absolute atomic E-state index is 0.0366. The molecule has 1 saturated heterocycles. The standard InChI is InChI=1S/C19H25N3O3S3/c23-19(20-10-7-17-21-15-4-1-2-5-16(15)27-17)14-8-11-22(12-9-14)28(24,25)18-6-3-13-26-18/h3,6,13-14H,1-2,4-5,7-12H2,(H,20,23). The number of hydrogen-bond acceptors (Lipinski definition) is 6. The summed E-state index contributed by atoms with van der Waals surface area (Å²) in [4.78, 5) is 18.6. The number of rotatable bonds is 6. The molecule has 28 heavy (non-hydrogen) atoms. The second-order valence-corrected chi connectivity index (χ2v) is 11.6. The van der Waals surface area contributed by atoms with Gasteiger partial charge in [-0.25, -0.2) is 13.4 Å². The van der Waals surface area contributed by atoms with Crippen LogP contribution >= 0.6 is 22.7 Å². The molecular formula is C19H25N3O3S3. The summed E-state index contributed by atoms with van der Waals surface area (Å²) in [5, 5.41) is 5.91. The number of piperidine rings is 1. The van der Waals surface area contributed by atoms with E-state index in [1.165, 1.54) is 39.1 Å². The Hall–Kier alpha value is -1.29. The lowest BCUT2D eigenvalue weighted by molar-refractivity contribution is -0.126. The van der Waals surface area contributed by atoms with Gasteiger partial charge in [-0.05, 0) is 50.0 Å². The van der Waals surface area contributed by atoms with Gasteiger partial charge in [-0.3, -0.25) is 4.79 Å². The van der Waals surface area contributed by atoms with Crippen LogP contribution in [0, 0.1) is 5.92 Å². The fraction of sp³-hybridized carbons (Fsp3) is 0.579. The predicted octanol–water partition coefficient (Wildman–Crippen LogP) is 2.84. The normalized spacial score (nSPS) is 18.7. The van der Waals surface area contributed by atoms with Crippen LogP contribution in [0.15, 0.2) is 21.7 Å². The van der Waals surface area contributed by atoms with Gasteiger partial charge in [-0.2, -0.15) is 4.31 Å². The second kappa shape index (κ2) is 8.61. The maximum atomic E-state index is 12.6. The van der Waals surface area contributed by atoms with E-state index in [9.17, 15) is 13.2 Å². The van der Waals surface area contributed by atoms with Gasteiger partial charge in [0.15, 0.2) is 0 Å². The molecule has 0 unspecified atom stereocenters. The van der Waals surface area contributed by atoms with Gasteiger partial charge in [0.1, 0.15) is 4.21 Å². The topological polar surface area (TPSA) is 79.4 Å². The summed E-state index contributed by atoms with van der Waals surface area (Å²) in [5.41, 5.74) is 1.26. The molecule has 0 atom stereocenters. The van der Waals surface area contributed by atoms with E-state index in [0.29, 0.717) is 36.7 Å². The Morgan fingerprint density at radius 2 is 2.04 bits per heavy atom. The zero-order valence-electron chi connectivity index (χ0n) is 15.7. The van der Waals surface area contributed by atoms with E-state index < -0.39 is 10.0 Å². The SMILES string of the molecule is O=C(NCCc1nc2c(s1)CCCC2)C1CCN(S(=O)(=O)c2cccs2)CC1. The van der Waals surface area contributed by atoms with E-state index in [4.69, 9.17) is 4.98 Å². The highest BCUT2D eigenvalue weighted by atomic mass is 32.2. The maximum absolute atomic E-state index is 12.6. The number of fused-ring (bicyclic) bond motifs is 1. The van der Waals surface area contributed by atoms with Gasteiger partial charge in [0.2, 0.25) is 5.91 Å². The maximum Gasteiger partial charge on any atom is 0.252 e. The number of hydrogen-bond donors (Lipinski definition) is 1. The molecule has 4 rings (SSSR count). The molecule has 2 aromatic heterocycles. The molecule has 1 aliphatic carbocycles. The van der Waals surface area contributed by atoms with Crippen LogP contribution in [0.4, 0.5) is 0 Å². The van der Waals surface area contributed by atoms with Gasteiger partial charge in [0.25, 0.3) is 10.0 Å². The van der Waals surface area contributed by atoms with Crippen LogP contribution in [0.2, 0.25) is 0 Å². The molecule has 0 aromatic carbocycles. The molecule has 0 radical (unpaired) electrons. The Bertz CT molecular complexity index is 890. The highest BCUT2D eigenvalue weighted by Gasteiger charge is 2.32. The molecule has 1 amide bonds. The number of amides is 1. The number of thiophene rings is 1. The van der Waals surface area contributed by atoms with E-state index >= 15 is 0 Å². The van der Waals surface area contributed by atoms with Crippen molar-refractivity contribution in [1.82, 2.24) is 14.6 Å². The van der Waals surface area contributed by atoms with Crippen LogP contribution in [0.25, 0.3) is 0 Å². The fourth-order valence-electron chi connectivity index (χ4n) is 3.85. The van der Waals surface area contributed by atoms with Crippen molar-refractivity contribution in [2.45, 2.75) is 49.2 Å². The summed E-state index contributed by atoms with van der Waals surface area (Å²) in [5.74, 6) is -0.0752. The first-order valence-corrected chi connectivity index (χ1v) is 13.0.